The highest BCUT2D eigenvalue weighted by Crippen LogP contribution is 2.38. The van der Waals surface area contributed by atoms with Gasteiger partial charge in [0.2, 0.25) is 0 Å². The van der Waals surface area contributed by atoms with Crippen molar-refractivity contribution in [3.8, 4) is 0 Å². The SMILES string of the molecule is O=C(O)Cc1ccc2c3ccccc3c3ccccc3c2c1CC(=O)O. The molecular formula is C22H16O4. The third kappa shape index (κ3) is 2.56. The highest BCUT2D eigenvalue weighted by atomic mass is 16.4. The van der Waals surface area contributed by atoms with E-state index in [0.29, 0.717) is 11.1 Å². The molecule has 0 spiro atoms. The molecule has 4 heteroatoms. The molecule has 26 heavy (non-hydrogen) atoms. The summed E-state index contributed by atoms with van der Waals surface area (Å²) in [5.41, 5.74) is 1.13. The number of aliphatic carboxylic acids is 2. The molecule has 4 rings (SSSR count). The van der Waals surface area contributed by atoms with Crippen molar-refractivity contribution in [3.05, 3.63) is 71.8 Å². The Bertz CT molecular complexity index is 1160. The summed E-state index contributed by atoms with van der Waals surface area (Å²) in [6.45, 7) is 0. The molecule has 0 aliphatic carbocycles. The Hall–Kier alpha value is -3.40. The second kappa shape index (κ2) is 6.15. The molecule has 0 aliphatic heterocycles. The summed E-state index contributed by atoms with van der Waals surface area (Å²) in [5, 5.41) is 24.6. The summed E-state index contributed by atoms with van der Waals surface area (Å²) < 4.78 is 0. The van der Waals surface area contributed by atoms with E-state index < -0.39 is 11.9 Å². The Kier molecular flexibility index (Phi) is 3.81. The molecule has 0 bridgehead atoms. The molecule has 2 N–H and O–H groups in total. The fourth-order valence-electron chi connectivity index (χ4n) is 3.79. The zero-order valence-corrected chi connectivity index (χ0v) is 13.9. The van der Waals surface area contributed by atoms with E-state index in [1.165, 1.54) is 0 Å². The number of fused-ring (bicyclic) bond motifs is 6. The maximum absolute atomic E-state index is 11.5. The number of benzene rings is 4. The summed E-state index contributed by atoms with van der Waals surface area (Å²) in [7, 11) is 0. The second-order valence-corrected chi connectivity index (χ2v) is 6.36. The van der Waals surface area contributed by atoms with Crippen LogP contribution in [0.25, 0.3) is 32.3 Å². The lowest BCUT2D eigenvalue weighted by Crippen LogP contribution is -2.09. The van der Waals surface area contributed by atoms with Crippen LogP contribution in [0.1, 0.15) is 11.1 Å². The van der Waals surface area contributed by atoms with Crippen LogP contribution >= 0.6 is 0 Å². The Morgan fingerprint density at radius 1 is 0.615 bits per heavy atom. The van der Waals surface area contributed by atoms with Crippen molar-refractivity contribution < 1.29 is 19.8 Å². The van der Waals surface area contributed by atoms with E-state index in [4.69, 9.17) is 0 Å². The zero-order valence-electron chi connectivity index (χ0n) is 13.9. The van der Waals surface area contributed by atoms with Crippen molar-refractivity contribution in [1.82, 2.24) is 0 Å². The number of carboxylic acids is 2. The third-order valence-corrected chi connectivity index (χ3v) is 4.78. The molecule has 4 nitrogen and oxygen atoms in total. The summed E-state index contributed by atoms with van der Waals surface area (Å²) in [4.78, 5) is 22.8. The number of rotatable bonds is 4. The topological polar surface area (TPSA) is 74.6 Å². The van der Waals surface area contributed by atoms with E-state index in [1.54, 1.807) is 6.07 Å². The van der Waals surface area contributed by atoms with Gasteiger partial charge in [-0.2, -0.15) is 0 Å². The van der Waals surface area contributed by atoms with Gasteiger partial charge in [-0.3, -0.25) is 9.59 Å². The molecule has 0 fully saturated rings. The van der Waals surface area contributed by atoms with Crippen LogP contribution in [0.3, 0.4) is 0 Å². The minimum atomic E-state index is -0.971. The summed E-state index contributed by atoms with van der Waals surface area (Å²) in [6.07, 6.45) is -0.401. The third-order valence-electron chi connectivity index (χ3n) is 4.78. The largest absolute Gasteiger partial charge is 0.481 e. The lowest BCUT2D eigenvalue weighted by atomic mass is 9.88. The van der Waals surface area contributed by atoms with Gasteiger partial charge in [-0.15, -0.1) is 0 Å². The van der Waals surface area contributed by atoms with Crippen molar-refractivity contribution in [1.29, 1.82) is 0 Å². The zero-order chi connectivity index (χ0) is 18.3. The number of carbonyl (C=O) groups is 2. The van der Waals surface area contributed by atoms with E-state index in [9.17, 15) is 19.8 Å². The first-order valence-corrected chi connectivity index (χ1v) is 8.34. The van der Waals surface area contributed by atoms with Gasteiger partial charge in [0.1, 0.15) is 0 Å². The van der Waals surface area contributed by atoms with E-state index >= 15 is 0 Å². The molecule has 0 saturated heterocycles. The minimum absolute atomic E-state index is 0.195. The first kappa shape index (κ1) is 16.1. The van der Waals surface area contributed by atoms with Crippen LogP contribution in [0.2, 0.25) is 0 Å². The van der Waals surface area contributed by atoms with Crippen LogP contribution in [0, 0.1) is 0 Å². The van der Waals surface area contributed by atoms with Gasteiger partial charge in [-0.05, 0) is 43.4 Å². The van der Waals surface area contributed by atoms with Gasteiger partial charge in [0.25, 0.3) is 0 Å². The predicted molar refractivity (Wildman–Crippen MR) is 102 cm³/mol. The fraction of sp³-hybridized carbons (Fsp3) is 0.0909. The molecule has 0 unspecified atom stereocenters. The maximum Gasteiger partial charge on any atom is 0.307 e. The second-order valence-electron chi connectivity index (χ2n) is 6.36. The van der Waals surface area contributed by atoms with E-state index in [1.807, 2.05) is 48.5 Å². The molecule has 0 saturated carbocycles. The van der Waals surface area contributed by atoms with Gasteiger partial charge >= 0.3 is 11.9 Å². The highest BCUT2D eigenvalue weighted by molar-refractivity contribution is 6.26. The van der Waals surface area contributed by atoms with Gasteiger partial charge in [0, 0.05) is 0 Å². The monoisotopic (exact) mass is 344 g/mol. The average molecular weight is 344 g/mol. The van der Waals surface area contributed by atoms with Crippen LogP contribution in [0.4, 0.5) is 0 Å². The fourth-order valence-corrected chi connectivity index (χ4v) is 3.79. The molecule has 0 atom stereocenters. The van der Waals surface area contributed by atoms with Crippen molar-refractivity contribution in [2.75, 3.05) is 0 Å². The Labute approximate surface area is 149 Å². The predicted octanol–water partition coefficient (Wildman–Crippen LogP) is 4.40. The van der Waals surface area contributed by atoms with Gasteiger partial charge in [-0.25, -0.2) is 0 Å². The molecule has 0 amide bonds. The average Bonchev–Trinajstić information content (AvgIpc) is 2.62. The lowest BCUT2D eigenvalue weighted by molar-refractivity contribution is -0.137. The van der Waals surface area contributed by atoms with E-state index in [-0.39, 0.29) is 12.8 Å². The van der Waals surface area contributed by atoms with Crippen LogP contribution in [0.5, 0.6) is 0 Å². The number of hydrogen-bond acceptors (Lipinski definition) is 2. The van der Waals surface area contributed by atoms with Crippen molar-refractivity contribution in [3.63, 3.8) is 0 Å². The maximum atomic E-state index is 11.5. The molecule has 0 radical (unpaired) electrons. The Balaban J connectivity index is 2.24. The standard InChI is InChI=1S/C22H16O4/c23-20(24)11-13-9-10-18-16-7-2-1-5-14(16)15-6-3-4-8-17(15)22(18)19(13)12-21(25)26/h1-10H,11-12H2,(H,23,24)(H,25,26). The van der Waals surface area contributed by atoms with Crippen LogP contribution < -0.4 is 0 Å². The lowest BCUT2D eigenvalue weighted by Gasteiger charge is -2.16. The highest BCUT2D eigenvalue weighted by Gasteiger charge is 2.17. The smallest absolute Gasteiger partial charge is 0.307 e. The molecule has 0 heterocycles. The molecule has 0 aliphatic rings. The van der Waals surface area contributed by atoms with Gasteiger partial charge in [-0.1, -0.05) is 60.7 Å². The molecule has 0 aromatic heterocycles. The Morgan fingerprint density at radius 2 is 1.08 bits per heavy atom. The Morgan fingerprint density at radius 3 is 1.62 bits per heavy atom. The summed E-state index contributed by atoms with van der Waals surface area (Å²) in [5.74, 6) is -1.94. The van der Waals surface area contributed by atoms with Crippen molar-refractivity contribution >= 4 is 44.3 Å². The van der Waals surface area contributed by atoms with Crippen molar-refractivity contribution in [2.45, 2.75) is 12.8 Å². The van der Waals surface area contributed by atoms with Gasteiger partial charge in [0.15, 0.2) is 0 Å². The molecule has 128 valence electrons. The van der Waals surface area contributed by atoms with Gasteiger partial charge in [0.05, 0.1) is 12.8 Å². The van der Waals surface area contributed by atoms with E-state index in [0.717, 1.165) is 32.3 Å². The van der Waals surface area contributed by atoms with Crippen molar-refractivity contribution in [2.24, 2.45) is 0 Å². The van der Waals surface area contributed by atoms with Crippen LogP contribution in [-0.4, -0.2) is 22.2 Å². The first-order valence-electron chi connectivity index (χ1n) is 8.34. The van der Waals surface area contributed by atoms with Crippen LogP contribution in [0.15, 0.2) is 60.7 Å². The molecule has 4 aromatic rings. The number of carboxylic acid groups (broad SMARTS) is 2. The molecule has 4 aromatic carbocycles. The molecular weight excluding hydrogens is 328 g/mol. The summed E-state index contributed by atoms with van der Waals surface area (Å²) in [6, 6.07) is 19.5. The minimum Gasteiger partial charge on any atom is -0.481 e. The van der Waals surface area contributed by atoms with E-state index in [2.05, 4.69) is 6.07 Å². The first-order chi connectivity index (χ1) is 12.6. The quantitative estimate of drug-likeness (QED) is 0.538. The van der Waals surface area contributed by atoms with Crippen LogP contribution in [-0.2, 0) is 22.4 Å². The normalized spacial score (nSPS) is 11.2. The summed E-state index contributed by atoms with van der Waals surface area (Å²) >= 11 is 0. The van der Waals surface area contributed by atoms with Gasteiger partial charge < -0.3 is 10.2 Å². The number of hydrogen-bond donors (Lipinski definition) is 2.